The van der Waals surface area contributed by atoms with E-state index in [1.54, 1.807) is 12.3 Å². The van der Waals surface area contributed by atoms with Gasteiger partial charge in [-0.2, -0.15) is 0 Å². The van der Waals surface area contributed by atoms with Gasteiger partial charge in [0, 0.05) is 23.2 Å². The van der Waals surface area contributed by atoms with Crippen LogP contribution in [-0.4, -0.2) is 16.9 Å². The predicted molar refractivity (Wildman–Crippen MR) is 103 cm³/mol. The third-order valence-corrected chi connectivity index (χ3v) is 4.87. The Balaban J connectivity index is 1.52. The highest BCUT2D eigenvalue weighted by Gasteiger charge is 2.17. The van der Waals surface area contributed by atoms with E-state index in [0.717, 1.165) is 29.5 Å². The van der Waals surface area contributed by atoms with Gasteiger partial charge in [-0.05, 0) is 49.2 Å². The second-order valence-corrected chi connectivity index (χ2v) is 6.76. The molecule has 0 atom stereocenters. The number of nitrogens with zero attached hydrogens (tertiary/aromatic N) is 1. The fourth-order valence-corrected chi connectivity index (χ4v) is 3.50. The molecule has 132 valence electrons. The number of ether oxygens (including phenoxy) is 1. The van der Waals surface area contributed by atoms with Gasteiger partial charge in [0.15, 0.2) is 0 Å². The summed E-state index contributed by atoms with van der Waals surface area (Å²) in [6, 6.07) is 17.3. The summed E-state index contributed by atoms with van der Waals surface area (Å²) in [4.78, 5) is 16.9. The third-order valence-electron chi connectivity index (χ3n) is 4.87. The van der Waals surface area contributed by atoms with Crippen molar-refractivity contribution in [1.29, 1.82) is 0 Å². The molecule has 0 bridgehead atoms. The normalized spacial score (nSPS) is 14.9. The molecule has 1 heterocycles. The van der Waals surface area contributed by atoms with Crippen molar-refractivity contribution in [3.05, 3.63) is 66.4 Å². The van der Waals surface area contributed by atoms with Crippen LogP contribution in [0.15, 0.2) is 60.8 Å². The van der Waals surface area contributed by atoms with Crippen molar-refractivity contribution in [3.8, 4) is 11.5 Å². The lowest BCUT2D eigenvalue weighted by atomic mass is 9.95. The topological polar surface area (TPSA) is 51.2 Å². The molecule has 4 rings (SSSR count). The van der Waals surface area contributed by atoms with Gasteiger partial charge < -0.3 is 10.1 Å². The van der Waals surface area contributed by atoms with E-state index in [9.17, 15) is 4.79 Å². The minimum Gasteiger partial charge on any atom is -0.457 e. The molecular formula is C22H22N2O2. The van der Waals surface area contributed by atoms with Gasteiger partial charge in [0.05, 0.1) is 5.52 Å². The number of para-hydroxylation sites is 1. The number of carbonyl (C=O) groups is 1. The summed E-state index contributed by atoms with van der Waals surface area (Å²) < 4.78 is 6.05. The Bertz CT molecular complexity index is 911. The van der Waals surface area contributed by atoms with Crippen molar-refractivity contribution < 1.29 is 9.53 Å². The molecule has 1 aromatic heterocycles. The number of aromatic nitrogens is 1. The number of amides is 1. The van der Waals surface area contributed by atoms with Crippen LogP contribution in [0.1, 0.15) is 42.5 Å². The van der Waals surface area contributed by atoms with Crippen molar-refractivity contribution in [2.45, 2.75) is 38.1 Å². The van der Waals surface area contributed by atoms with E-state index < -0.39 is 0 Å². The van der Waals surface area contributed by atoms with E-state index in [2.05, 4.69) is 10.3 Å². The second-order valence-electron chi connectivity index (χ2n) is 6.76. The summed E-state index contributed by atoms with van der Waals surface area (Å²) in [6.07, 6.45) is 7.55. The lowest BCUT2D eigenvalue weighted by Crippen LogP contribution is -2.36. The highest BCUT2D eigenvalue weighted by atomic mass is 16.5. The molecule has 26 heavy (non-hydrogen) atoms. The van der Waals surface area contributed by atoms with Gasteiger partial charge in [-0.15, -0.1) is 0 Å². The summed E-state index contributed by atoms with van der Waals surface area (Å²) >= 11 is 0. The Morgan fingerprint density at radius 2 is 1.85 bits per heavy atom. The van der Waals surface area contributed by atoms with Gasteiger partial charge in [0.1, 0.15) is 11.5 Å². The van der Waals surface area contributed by atoms with Crippen LogP contribution in [-0.2, 0) is 0 Å². The first kappa shape index (κ1) is 16.6. The number of hydrogen-bond donors (Lipinski definition) is 1. The molecule has 1 amide bonds. The van der Waals surface area contributed by atoms with Gasteiger partial charge in [-0.25, -0.2) is 0 Å². The Morgan fingerprint density at radius 1 is 1.00 bits per heavy atom. The predicted octanol–water partition coefficient (Wildman–Crippen LogP) is 5.09. The zero-order chi connectivity index (χ0) is 17.8. The second kappa shape index (κ2) is 7.56. The van der Waals surface area contributed by atoms with Gasteiger partial charge in [0.25, 0.3) is 5.91 Å². The molecule has 0 aliphatic heterocycles. The van der Waals surface area contributed by atoms with Crippen LogP contribution in [0.2, 0.25) is 0 Å². The zero-order valence-electron chi connectivity index (χ0n) is 14.7. The molecule has 4 heteroatoms. The smallest absolute Gasteiger partial charge is 0.251 e. The van der Waals surface area contributed by atoms with Crippen molar-refractivity contribution >= 4 is 16.8 Å². The summed E-state index contributed by atoms with van der Waals surface area (Å²) in [5.41, 5.74) is 1.52. The van der Waals surface area contributed by atoms with E-state index in [1.807, 2.05) is 48.5 Å². The van der Waals surface area contributed by atoms with Gasteiger partial charge >= 0.3 is 0 Å². The number of carbonyl (C=O) groups excluding carboxylic acids is 1. The molecule has 3 aromatic rings. The number of fused-ring (bicyclic) bond motifs is 1. The first-order valence-electron chi connectivity index (χ1n) is 9.22. The average Bonchev–Trinajstić information content (AvgIpc) is 2.69. The van der Waals surface area contributed by atoms with E-state index in [0.29, 0.717) is 17.4 Å². The largest absolute Gasteiger partial charge is 0.457 e. The van der Waals surface area contributed by atoms with Crippen LogP contribution >= 0.6 is 0 Å². The van der Waals surface area contributed by atoms with Crippen LogP contribution in [0.3, 0.4) is 0 Å². The third kappa shape index (κ3) is 3.69. The Hall–Kier alpha value is -2.88. The fourth-order valence-electron chi connectivity index (χ4n) is 3.50. The Morgan fingerprint density at radius 3 is 2.73 bits per heavy atom. The minimum atomic E-state index is -0.0260. The molecule has 1 aliphatic rings. The molecule has 0 radical (unpaired) electrons. The van der Waals surface area contributed by atoms with E-state index in [-0.39, 0.29) is 5.91 Å². The molecule has 4 nitrogen and oxygen atoms in total. The summed E-state index contributed by atoms with van der Waals surface area (Å²) in [5.74, 6) is 1.36. The number of nitrogens with one attached hydrogen (secondary N) is 1. The highest BCUT2D eigenvalue weighted by molar-refractivity contribution is 5.94. The van der Waals surface area contributed by atoms with Gasteiger partial charge in [-0.1, -0.05) is 37.5 Å². The maximum absolute atomic E-state index is 12.6. The van der Waals surface area contributed by atoms with Crippen LogP contribution in [0.25, 0.3) is 10.9 Å². The molecule has 1 fully saturated rings. The van der Waals surface area contributed by atoms with E-state index in [4.69, 9.17) is 4.74 Å². The summed E-state index contributed by atoms with van der Waals surface area (Å²) in [7, 11) is 0. The highest BCUT2D eigenvalue weighted by Crippen LogP contribution is 2.29. The summed E-state index contributed by atoms with van der Waals surface area (Å²) in [6.45, 7) is 0. The van der Waals surface area contributed by atoms with Crippen LogP contribution < -0.4 is 10.1 Å². The lowest BCUT2D eigenvalue weighted by molar-refractivity contribution is 0.0927. The Kier molecular flexibility index (Phi) is 4.82. The molecule has 0 spiro atoms. The van der Waals surface area contributed by atoms with Crippen LogP contribution in [0, 0.1) is 0 Å². The maximum atomic E-state index is 12.6. The number of pyridine rings is 1. The lowest BCUT2D eigenvalue weighted by Gasteiger charge is -2.22. The first-order valence-corrected chi connectivity index (χ1v) is 9.22. The van der Waals surface area contributed by atoms with Crippen LogP contribution in [0.5, 0.6) is 11.5 Å². The zero-order valence-corrected chi connectivity index (χ0v) is 14.7. The minimum absolute atomic E-state index is 0.0260. The van der Waals surface area contributed by atoms with Gasteiger partial charge in [0.2, 0.25) is 0 Å². The molecule has 1 N–H and O–H groups in total. The number of rotatable bonds is 4. The maximum Gasteiger partial charge on any atom is 0.251 e. The quantitative estimate of drug-likeness (QED) is 0.716. The van der Waals surface area contributed by atoms with E-state index in [1.165, 1.54) is 19.3 Å². The number of hydrogen-bond acceptors (Lipinski definition) is 3. The SMILES string of the molecule is O=C(NC1CCCCC1)c1cccc(Oc2ccnc3ccccc23)c1. The van der Waals surface area contributed by atoms with Crippen molar-refractivity contribution in [1.82, 2.24) is 10.3 Å². The molecule has 1 aliphatic carbocycles. The number of benzene rings is 2. The molecule has 2 aromatic carbocycles. The molecule has 1 saturated carbocycles. The van der Waals surface area contributed by atoms with Gasteiger partial charge in [-0.3, -0.25) is 9.78 Å². The average molecular weight is 346 g/mol. The Labute approximate surface area is 153 Å². The molecule has 0 unspecified atom stereocenters. The standard InChI is InChI=1S/C22H22N2O2/c25-22(24-17-8-2-1-3-9-17)16-7-6-10-18(15-16)26-21-13-14-23-20-12-5-4-11-19(20)21/h4-7,10-15,17H,1-3,8-9H2,(H,24,25). The first-order chi connectivity index (χ1) is 12.8. The van der Waals surface area contributed by atoms with Crippen molar-refractivity contribution in [2.24, 2.45) is 0 Å². The molecule has 0 saturated heterocycles. The fraction of sp³-hybridized carbons (Fsp3) is 0.273. The van der Waals surface area contributed by atoms with E-state index >= 15 is 0 Å². The summed E-state index contributed by atoms with van der Waals surface area (Å²) in [5, 5.41) is 4.10. The monoisotopic (exact) mass is 346 g/mol. The van der Waals surface area contributed by atoms with Crippen LogP contribution in [0.4, 0.5) is 0 Å². The van der Waals surface area contributed by atoms with Crippen molar-refractivity contribution in [2.75, 3.05) is 0 Å². The molecular weight excluding hydrogens is 324 g/mol. The van der Waals surface area contributed by atoms with Crippen molar-refractivity contribution in [3.63, 3.8) is 0 Å².